The maximum Gasteiger partial charge on any atom is 0.407 e. The first kappa shape index (κ1) is 24.2. The molecule has 0 aliphatic carbocycles. The third kappa shape index (κ3) is 5.43. The van der Waals surface area contributed by atoms with Crippen LogP contribution in [0.1, 0.15) is 58.9 Å². The number of anilines is 1. The molecule has 3 heterocycles. The molecule has 10 nitrogen and oxygen atoms in total. The van der Waals surface area contributed by atoms with Crippen LogP contribution in [0.2, 0.25) is 5.02 Å². The summed E-state index contributed by atoms with van der Waals surface area (Å²) in [5.41, 5.74) is 1.41. The average Bonchev–Trinajstić information content (AvgIpc) is 3.30. The summed E-state index contributed by atoms with van der Waals surface area (Å²) in [7, 11) is 0. The van der Waals surface area contributed by atoms with E-state index in [-0.39, 0.29) is 18.2 Å². The largest absolute Gasteiger partial charge is 0.465 e. The number of hydrogen-bond acceptors (Lipinski definition) is 6. The van der Waals surface area contributed by atoms with Gasteiger partial charge < -0.3 is 20.1 Å². The highest BCUT2D eigenvalue weighted by Gasteiger charge is 2.32. The number of piperidine rings is 1. The number of carboxylic acid groups (broad SMARTS) is 1. The van der Waals surface area contributed by atoms with Crippen LogP contribution in [0.5, 0.6) is 0 Å². The van der Waals surface area contributed by atoms with E-state index in [4.69, 9.17) is 16.3 Å². The molecule has 1 atom stereocenters. The molecule has 1 aliphatic heterocycles. The van der Waals surface area contributed by atoms with Crippen LogP contribution in [-0.4, -0.2) is 56.1 Å². The predicted molar refractivity (Wildman–Crippen MR) is 129 cm³/mol. The van der Waals surface area contributed by atoms with Gasteiger partial charge in [-0.3, -0.25) is 9.69 Å². The van der Waals surface area contributed by atoms with Gasteiger partial charge >= 0.3 is 12.1 Å². The third-order valence-corrected chi connectivity index (χ3v) is 5.89. The summed E-state index contributed by atoms with van der Waals surface area (Å²) < 4.78 is 5.18. The molecule has 1 fully saturated rings. The second kappa shape index (κ2) is 10.6. The number of likely N-dealkylation sites (tertiary alicyclic amines) is 1. The molecule has 2 amide bonds. The molecule has 1 saturated heterocycles. The number of halogens is 1. The van der Waals surface area contributed by atoms with Crippen LogP contribution in [0.15, 0.2) is 42.6 Å². The molecule has 0 bridgehead atoms. The number of amides is 2. The Bertz CT molecular complexity index is 1240. The van der Waals surface area contributed by atoms with Gasteiger partial charge in [-0.15, -0.1) is 0 Å². The van der Waals surface area contributed by atoms with Gasteiger partial charge in [-0.05, 0) is 50.5 Å². The number of ether oxygens (including phenoxy) is 1. The lowest BCUT2D eigenvalue weighted by Gasteiger charge is -2.32. The van der Waals surface area contributed by atoms with Crippen LogP contribution in [-0.2, 0) is 4.74 Å². The van der Waals surface area contributed by atoms with E-state index < -0.39 is 18.1 Å². The number of imidazole rings is 1. The zero-order valence-corrected chi connectivity index (χ0v) is 19.7. The van der Waals surface area contributed by atoms with Crippen molar-refractivity contribution in [1.29, 1.82) is 0 Å². The summed E-state index contributed by atoms with van der Waals surface area (Å²) in [6, 6.07) is 9.19. The van der Waals surface area contributed by atoms with Crippen molar-refractivity contribution in [2.45, 2.75) is 32.2 Å². The van der Waals surface area contributed by atoms with Crippen LogP contribution in [0, 0.1) is 0 Å². The molecule has 4 rings (SSSR count). The fourth-order valence-electron chi connectivity index (χ4n) is 4.00. The van der Waals surface area contributed by atoms with E-state index in [1.807, 2.05) is 0 Å². The lowest BCUT2D eigenvalue weighted by Crippen LogP contribution is -2.38. The number of aromatic nitrogens is 3. The van der Waals surface area contributed by atoms with E-state index in [2.05, 4.69) is 20.3 Å². The second-order valence-electron chi connectivity index (χ2n) is 7.94. The van der Waals surface area contributed by atoms with Crippen LogP contribution in [0.25, 0.3) is 11.3 Å². The predicted octanol–water partition coefficient (Wildman–Crippen LogP) is 4.76. The quantitative estimate of drug-likeness (QED) is 0.417. The van der Waals surface area contributed by atoms with Crippen molar-refractivity contribution in [3.05, 3.63) is 64.7 Å². The minimum Gasteiger partial charge on any atom is -0.465 e. The Morgan fingerprint density at radius 2 is 2.00 bits per heavy atom. The number of nitrogens with one attached hydrogen (secondary N) is 2. The number of carbonyl (C=O) groups is 3. The highest BCUT2D eigenvalue weighted by atomic mass is 35.5. The monoisotopic (exact) mass is 497 g/mol. The third-order valence-electron chi connectivity index (χ3n) is 5.65. The van der Waals surface area contributed by atoms with Crippen molar-refractivity contribution < 1.29 is 24.2 Å². The van der Waals surface area contributed by atoms with Gasteiger partial charge in [0.2, 0.25) is 0 Å². The molecule has 1 aliphatic rings. The topological polar surface area (TPSA) is 138 Å². The number of pyridine rings is 1. The van der Waals surface area contributed by atoms with E-state index >= 15 is 0 Å². The smallest absolute Gasteiger partial charge is 0.407 e. The number of H-pyrrole nitrogens is 1. The Morgan fingerprint density at radius 1 is 1.23 bits per heavy atom. The number of esters is 1. The Morgan fingerprint density at radius 3 is 2.69 bits per heavy atom. The second-order valence-corrected chi connectivity index (χ2v) is 8.38. The number of rotatable bonds is 6. The molecule has 0 spiro atoms. The number of carbonyl (C=O) groups excluding carboxylic acids is 2. The Kier molecular flexibility index (Phi) is 7.31. The maximum atomic E-state index is 12.7. The van der Waals surface area contributed by atoms with Crippen LogP contribution < -0.4 is 5.32 Å². The van der Waals surface area contributed by atoms with Crippen molar-refractivity contribution in [1.82, 2.24) is 19.9 Å². The molecule has 3 aromatic rings. The van der Waals surface area contributed by atoms with E-state index in [1.54, 1.807) is 37.3 Å². The fourth-order valence-corrected chi connectivity index (χ4v) is 4.15. The Labute approximate surface area is 206 Å². The summed E-state index contributed by atoms with van der Waals surface area (Å²) in [6.07, 6.45) is 2.68. The van der Waals surface area contributed by atoms with Crippen LogP contribution in [0.3, 0.4) is 0 Å². The first-order chi connectivity index (χ1) is 16.9. The van der Waals surface area contributed by atoms with Crippen molar-refractivity contribution >= 4 is 35.4 Å². The summed E-state index contributed by atoms with van der Waals surface area (Å²) in [4.78, 5) is 50.0. The molecule has 0 radical (unpaired) electrons. The number of aromatic amines is 1. The molecule has 182 valence electrons. The average molecular weight is 498 g/mol. The molecular formula is C24H24ClN5O5. The first-order valence-corrected chi connectivity index (χ1v) is 11.5. The van der Waals surface area contributed by atoms with Crippen molar-refractivity contribution in [3.63, 3.8) is 0 Å². The number of hydrogen-bond donors (Lipinski definition) is 3. The molecule has 1 aromatic carbocycles. The van der Waals surface area contributed by atoms with Gasteiger partial charge in [0.05, 0.1) is 12.6 Å². The lowest BCUT2D eigenvalue weighted by molar-refractivity contribution is 0.0520. The van der Waals surface area contributed by atoms with E-state index in [9.17, 15) is 19.5 Å². The number of nitrogens with zero attached hydrogens (tertiary/aromatic N) is 3. The van der Waals surface area contributed by atoms with Gasteiger partial charge in [0.25, 0.3) is 5.91 Å². The maximum absolute atomic E-state index is 12.7. The summed E-state index contributed by atoms with van der Waals surface area (Å²) in [6.45, 7) is 2.27. The highest BCUT2D eigenvalue weighted by molar-refractivity contribution is 6.30. The minimum atomic E-state index is -1.03. The van der Waals surface area contributed by atoms with E-state index in [0.29, 0.717) is 46.5 Å². The molecule has 35 heavy (non-hydrogen) atoms. The van der Waals surface area contributed by atoms with Crippen LogP contribution >= 0.6 is 11.6 Å². The van der Waals surface area contributed by atoms with Gasteiger partial charge in [-0.25, -0.2) is 19.6 Å². The van der Waals surface area contributed by atoms with Crippen molar-refractivity contribution in [2.75, 3.05) is 18.5 Å². The Balaban J connectivity index is 1.63. The first-order valence-electron chi connectivity index (χ1n) is 11.2. The normalized spacial score (nSPS) is 15.5. The fraction of sp³-hybridized carbons (Fsp3) is 0.292. The molecule has 0 unspecified atom stereocenters. The van der Waals surface area contributed by atoms with Crippen LogP contribution in [0.4, 0.5) is 10.6 Å². The molecular weight excluding hydrogens is 474 g/mol. The van der Waals surface area contributed by atoms with Crippen molar-refractivity contribution in [3.8, 4) is 11.3 Å². The lowest BCUT2D eigenvalue weighted by atomic mass is 10.0. The van der Waals surface area contributed by atoms with Gasteiger partial charge in [0.1, 0.15) is 17.3 Å². The SMILES string of the molecule is CCOC(=O)c1[nH]c([C@@H]2CCCCN2C(=O)O)nc1-c1ccc(C(=O)Nc2cc(Cl)ccn2)cc1. The zero-order chi connectivity index (χ0) is 24.9. The summed E-state index contributed by atoms with van der Waals surface area (Å²) in [5.74, 6) is -0.255. The Hall–Kier alpha value is -3.92. The molecule has 11 heteroatoms. The van der Waals surface area contributed by atoms with Gasteiger partial charge in [0.15, 0.2) is 5.69 Å². The standard InChI is InChI=1S/C24H24ClN5O5/c1-2-35-23(32)20-19(28-21(29-20)17-5-3-4-12-30(17)24(33)34)14-6-8-15(9-7-14)22(31)27-18-13-16(25)10-11-26-18/h6-11,13,17H,2-5,12H2,1H3,(H,28,29)(H,33,34)(H,26,27,31)/t17-/m0/s1. The molecule has 2 aromatic heterocycles. The molecule has 0 saturated carbocycles. The van der Waals surface area contributed by atoms with Gasteiger partial charge in [0, 0.05) is 28.9 Å². The van der Waals surface area contributed by atoms with E-state index in [1.165, 1.54) is 17.2 Å². The van der Waals surface area contributed by atoms with Crippen molar-refractivity contribution in [2.24, 2.45) is 0 Å². The van der Waals surface area contributed by atoms with Gasteiger partial charge in [-0.1, -0.05) is 23.7 Å². The minimum absolute atomic E-state index is 0.137. The van der Waals surface area contributed by atoms with Gasteiger partial charge in [-0.2, -0.15) is 0 Å². The van der Waals surface area contributed by atoms with E-state index in [0.717, 1.165) is 12.8 Å². The zero-order valence-electron chi connectivity index (χ0n) is 19.0. The number of benzene rings is 1. The summed E-state index contributed by atoms with van der Waals surface area (Å²) in [5, 5.41) is 12.7. The highest BCUT2D eigenvalue weighted by Crippen LogP contribution is 2.32. The molecule has 3 N–H and O–H groups in total. The summed E-state index contributed by atoms with van der Waals surface area (Å²) >= 11 is 5.94.